The van der Waals surface area contributed by atoms with Crippen molar-refractivity contribution >= 4 is 74.8 Å². The standard InChI is InChI=1S/C38H22OS/c1-2-8-24-21-25(14-13-23(24)7-1)36-28-9-3-5-11-30(28)37(31-12-6-4-10-29(31)36)26-15-16-27-32-17-18-34-33(19-20-39-34)38(32)40-35(27)22-26/h1-22H. The van der Waals surface area contributed by atoms with Crippen molar-refractivity contribution in [3.8, 4) is 22.3 Å². The molecule has 0 aliphatic heterocycles. The minimum atomic E-state index is 0.945. The minimum absolute atomic E-state index is 0.945. The van der Waals surface area contributed by atoms with Gasteiger partial charge in [0.2, 0.25) is 0 Å². The van der Waals surface area contributed by atoms with Gasteiger partial charge in [-0.05, 0) is 84.9 Å². The molecule has 2 heterocycles. The van der Waals surface area contributed by atoms with Crippen molar-refractivity contribution in [2.24, 2.45) is 0 Å². The van der Waals surface area contributed by atoms with Gasteiger partial charge in [0.05, 0.1) is 6.26 Å². The molecule has 0 unspecified atom stereocenters. The molecule has 0 radical (unpaired) electrons. The van der Waals surface area contributed by atoms with E-state index in [9.17, 15) is 0 Å². The number of rotatable bonds is 2. The van der Waals surface area contributed by atoms with Crippen LogP contribution in [-0.4, -0.2) is 0 Å². The van der Waals surface area contributed by atoms with E-state index in [2.05, 4.69) is 127 Å². The van der Waals surface area contributed by atoms with E-state index < -0.39 is 0 Å². The summed E-state index contributed by atoms with van der Waals surface area (Å²) >= 11 is 1.86. The van der Waals surface area contributed by atoms with Crippen LogP contribution in [0.3, 0.4) is 0 Å². The summed E-state index contributed by atoms with van der Waals surface area (Å²) in [6, 6.07) is 46.6. The van der Waals surface area contributed by atoms with Gasteiger partial charge in [-0.2, -0.15) is 0 Å². The lowest BCUT2D eigenvalue weighted by molar-refractivity contribution is 0.616. The van der Waals surface area contributed by atoms with Crippen LogP contribution in [-0.2, 0) is 0 Å². The maximum Gasteiger partial charge on any atom is 0.135 e. The Morgan fingerprint density at radius 2 is 1.02 bits per heavy atom. The summed E-state index contributed by atoms with van der Waals surface area (Å²) in [6.45, 7) is 0. The van der Waals surface area contributed by atoms with E-state index in [1.54, 1.807) is 6.26 Å². The van der Waals surface area contributed by atoms with Gasteiger partial charge in [-0.1, -0.05) is 97.1 Å². The van der Waals surface area contributed by atoms with Crippen molar-refractivity contribution in [2.75, 3.05) is 0 Å². The Labute approximate surface area is 234 Å². The Morgan fingerprint density at radius 1 is 0.425 bits per heavy atom. The predicted molar refractivity (Wildman–Crippen MR) is 172 cm³/mol. The van der Waals surface area contributed by atoms with Crippen molar-refractivity contribution < 1.29 is 4.42 Å². The maximum absolute atomic E-state index is 5.69. The molecule has 1 nitrogen and oxygen atoms in total. The molecule has 0 aliphatic carbocycles. The van der Waals surface area contributed by atoms with E-state index in [-0.39, 0.29) is 0 Å². The summed E-state index contributed by atoms with van der Waals surface area (Å²) in [5, 5.41) is 11.4. The van der Waals surface area contributed by atoms with Crippen LogP contribution in [0.4, 0.5) is 0 Å². The van der Waals surface area contributed by atoms with Gasteiger partial charge in [0.1, 0.15) is 5.58 Å². The third kappa shape index (κ3) is 3.08. The zero-order valence-corrected chi connectivity index (χ0v) is 22.3. The Balaban J connectivity index is 1.36. The Bertz CT molecular complexity index is 2380. The largest absolute Gasteiger partial charge is 0.464 e. The summed E-state index contributed by atoms with van der Waals surface area (Å²) in [6.07, 6.45) is 1.79. The summed E-state index contributed by atoms with van der Waals surface area (Å²) < 4.78 is 8.28. The van der Waals surface area contributed by atoms with Gasteiger partial charge in [-0.3, -0.25) is 0 Å². The molecule has 7 aromatic carbocycles. The molecule has 0 fully saturated rings. The van der Waals surface area contributed by atoms with E-state index in [4.69, 9.17) is 4.42 Å². The summed E-state index contributed by atoms with van der Waals surface area (Å²) in [4.78, 5) is 0. The molecule has 40 heavy (non-hydrogen) atoms. The average Bonchev–Trinajstić information content (AvgIpc) is 3.64. The van der Waals surface area contributed by atoms with E-state index in [0.717, 1.165) is 5.58 Å². The van der Waals surface area contributed by atoms with Crippen LogP contribution < -0.4 is 0 Å². The minimum Gasteiger partial charge on any atom is -0.464 e. The molecule has 0 atom stereocenters. The number of hydrogen-bond acceptors (Lipinski definition) is 2. The first kappa shape index (κ1) is 22.0. The summed E-state index contributed by atoms with van der Waals surface area (Å²) in [5.74, 6) is 0. The SMILES string of the molecule is c1ccc2cc(-c3c4ccccc4c(-c4ccc5c(c4)sc4c6ccoc6ccc54)c4ccccc34)ccc2c1. The first-order valence-electron chi connectivity index (χ1n) is 13.6. The molecular weight excluding hydrogens is 504 g/mol. The molecule has 0 bridgehead atoms. The molecule has 0 aliphatic rings. The fourth-order valence-electron chi connectivity index (χ4n) is 6.53. The highest BCUT2D eigenvalue weighted by Crippen LogP contribution is 2.46. The molecule has 0 saturated carbocycles. The van der Waals surface area contributed by atoms with Crippen LogP contribution in [0.25, 0.3) is 85.7 Å². The molecule has 0 amide bonds. The Kier molecular flexibility index (Phi) is 4.55. The van der Waals surface area contributed by atoms with Gasteiger partial charge >= 0.3 is 0 Å². The molecule has 9 aromatic rings. The van der Waals surface area contributed by atoms with Crippen molar-refractivity contribution in [2.45, 2.75) is 0 Å². The lowest BCUT2D eigenvalue weighted by Gasteiger charge is -2.18. The number of hydrogen-bond donors (Lipinski definition) is 0. The Morgan fingerprint density at radius 3 is 1.75 bits per heavy atom. The van der Waals surface area contributed by atoms with Crippen LogP contribution in [0.1, 0.15) is 0 Å². The first-order chi connectivity index (χ1) is 19.8. The lowest BCUT2D eigenvalue weighted by atomic mass is 9.85. The number of thiophene rings is 1. The fourth-order valence-corrected chi connectivity index (χ4v) is 7.79. The zero-order chi connectivity index (χ0) is 26.2. The Hall–Kier alpha value is -4.92. The highest BCUT2D eigenvalue weighted by molar-refractivity contribution is 7.26. The van der Waals surface area contributed by atoms with Gasteiger partial charge in [0.25, 0.3) is 0 Å². The second-order valence-electron chi connectivity index (χ2n) is 10.5. The fraction of sp³-hybridized carbons (Fsp3) is 0. The molecule has 0 N–H and O–H groups in total. The van der Waals surface area contributed by atoms with Crippen molar-refractivity contribution in [1.82, 2.24) is 0 Å². The molecule has 9 rings (SSSR count). The third-order valence-electron chi connectivity index (χ3n) is 8.33. The highest BCUT2D eigenvalue weighted by Gasteiger charge is 2.18. The second kappa shape index (κ2) is 8.29. The van der Waals surface area contributed by atoms with Crippen LogP contribution in [0.5, 0.6) is 0 Å². The van der Waals surface area contributed by atoms with Gasteiger partial charge in [0, 0.05) is 25.6 Å². The van der Waals surface area contributed by atoms with E-state index in [0.29, 0.717) is 0 Å². The molecule has 2 heteroatoms. The van der Waals surface area contributed by atoms with Crippen molar-refractivity contribution in [3.63, 3.8) is 0 Å². The molecule has 186 valence electrons. The first-order valence-corrected chi connectivity index (χ1v) is 14.4. The third-order valence-corrected chi connectivity index (χ3v) is 9.53. The monoisotopic (exact) mass is 526 g/mol. The highest BCUT2D eigenvalue weighted by atomic mass is 32.1. The van der Waals surface area contributed by atoms with Crippen LogP contribution >= 0.6 is 11.3 Å². The van der Waals surface area contributed by atoms with Crippen LogP contribution in [0, 0.1) is 0 Å². The number of benzene rings is 7. The van der Waals surface area contributed by atoms with Gasteiger partial charge in [-0.25, -0.2) is 0 Å². The average molecular weight is 527 g/mol. The number of fused-ring (bicyclic) bond motifs is 8. The zero-order valence-electron chi connectivity index (χ0n) is 21.5. The van der Waals surface area contributed by atoms with Crippen molar-refractivity contribution in [1.29, 1.82) is 0 Å². The van der Waals surface area contributed by atoms with Gasteiger partial charge in [0.15, 0.2) is 0 Å². The van der Waals surface area contributed by atoms with Crippen LogP contribution in [0.15, 0.2) is 138 Å². The molecular formula is C38H22OS. The molecule has 2 aromatic heterocycles. The number of furan rings is 1. The van der Waals surface area contributed by atoms with Crippen LogP contribution in [0.2, 0.25) is 0 Å². The van der Waals surface area contributed by atoms with Crippen molar-refractivity contribution in [3.05, 3.63) is 134 Å². The maximum atomic E-state index is 5.69. The van der Waals surface area contributed by atoms with E-state index in [1.165, 1.54) is 80.1 Å². The predicted octanol–water partition coefficient (Wildman–Crippen LogP) is 11.6. The summed E-state index contributed by atoms with van der Waals surface area (Å²) in [5.41, 5.74) is 6.04. The molecule has 0 spiro atoms. The van der Waals surface area contributed by atoms with E-state index in [1.807, 2.05) is 11.3 Å². The smallest absolute Gasteiger partial charge is 0.135 e. The second-order valence-corrected chi connectivity index (χ2v) is 11.5. The molecule has 0 saturated heterocycles. The summed E-state index contributed by atoms with van der Waals surface area (Å²) in [7, 11) is 0. The topological polar surface area (TPSA) is 13.1 Å². The van der Waals surface area contributed by atoms with Gasteiger partial charge < -0.3 is 4.42 Å². The van der Waals surface area contributed by atoms with Gasteiger partial charge in [-0.15, -0.1) is 11.3 Å². The van der Waals surface area contributed by atoms with E-state index >= 15 is 0 Å². The normalized spacial score (nSPS) is 12.0. The quantitative estimate of drug-likeness (QED) is 0.204. The lowest BCUT2D eigenvalue weighted by Crippen LogP contribution is -1.90.